The van der Waals surface area contributed by atoms with Gasteiger partial charge in [-0.1, -0.05) is 13.8 Å². The summed E-state index contributed by atoms with van der Waals surface area (Å²) in [5, 5.41) is 21.1. The summed E-state index contributed by atoms with van der Waals surface area (Å²) in [5.74, 6) is -0.159. The van der Waals surface area contributed by atoms with Gasteiger partial charge in [-0.25, -0.2) is 4.79 Å². The highest BCUT2D eigenvalue weighted by molar-refractivity contribution is 5.87. The second-order valence-corrected chi connectivity index (χ2v) is 8.75. The summed E-state index contributed by atoms with van der Waals surface area (Å²) < 4.78 is 23.8. The van der Waals surface area contributed by atoms with Crippen molar-refractivity contribution in [3.05, 3.63) is 0 Å². The molecule has 0 aromatic heterocycles. The van der Waals surface area contributed by atoms with E-state index in [2.05, 4.69) is 6.92 Å². The number of rotatable bonds is 0. The molecule has 0 radical (unpaired) electrons. The lowest BCUT2D eigenvalue weighted by molar-refractivity contribution is -0.235. The van der Waals surface area contributed by atoms with Crippen molar-refractivity contribution in [1.29, 1.82) is 0 Å². The number of aliphatic hydroxyl groups excluding tert-OH is 2. The van der Waals surface area contributed by atoms with Gasteiger partial charge < -0.3 is 29.2 Å². The Bertz CT molecular complexity index is 653. The standard InChI is InChI=1S/C17H22O7/c1-6-3-15-10(18)12(19)23-14(15)24-17-9-7(2)5-21-8(9)4-16(15,17)11(6)22-13(17)20/h6-12,14,18-19H,3-5H2,1-2H3/t6-,7-,8?,9?,10+,11?,12+,14?,15?,16?,17?/m1/s1. The third-order valence-corrected chi connectivity index (χ3v) is 8.05. The molecular weight excluding hydrogens is 316 g/mol. The summed E-state index contributed by atoms with van der Waals surface area (Å²) in [6.45, 7) is 4.73. The number of carbonyl (C=O) groups excluding carboxylic acids is 1. The zero-order valence-electron chi connectivity index (χ0n) is 13.7. The molecule has 2 saturated carbocycles. The number of fused-ring (bicyclic) bond motifs is 1. The lowest BCUT2D eigenvalue weighted by atomic mass is 9.57. The van der Waals surface area contributed by atoms with Crippen LogP contribution in [0.1, 0.15) is 26.7 Å². The summed E-state index contributed by atoms with van der Waals surface area (Å²) in [7, 11) is 0. The normalized spacial score (nSPS) is 68.8. The van der Waals surface area contributed by atoms with Gasteiger partial charge >= 0.3 is 5.97 Å². The van der Waals surface area contributed by atoms with Gasteiger partial charge in [0.2, 0.25) is 0 Å². The zero-order chi connectivity index (χ0) is 16.6. The van der Waals surface area contributed by atoms with Crippen LogP contribution in [0.15, 0.2) is 0 Å². The Hall–Kier alpha value is -0.730. The average Bonchev–Trinajstić information content (AvgIpc) is 3.25. The van der Waals surface area contributed by atoms with Crippen molar-refractivity contribution in [1.82, 2.24) is 0 Å². The van der Waals surface area contributed by atoms with Crippen molar-refractivity contribution < 1.29 is 34.0 Å². The van der Waals surface area contributed by atoms with Crippen LogP contribution in [0.4, 0.5) is 0 Å². The van der Waals surface area contributed by atoms with E-state index in [1.165, 1.54) is 0 Å². The van der Waals surface area contributed by atoms with E-state index in [0.717, 1.165) is 0 Å². The highest BCUT2D eigenvalue weighted by atomic mass is 16.8. The van der Waals surface area contributed by atoms with E-state index < -0.39 is 35.1 Å². The summed E-state index contributed by atoms with van der Waals surface area (Å²) in [4.78, 5) is 13.1. The van der Waals surface area contributed by atoms with Crippen LogP contribution >= 0.6 is 0 Å². The molecule has 4 saturated heterocycles. The highest BCUT2D eigenvalue weighted by Crippen LogP contribution is 2.82. The largest absolute Gasteiger partial charge is 0.459 e. The van der Waals surface area contributed by atoms with E-state index in [0.29, 0.717) is 19.4 Å². The predicted octanol–water partition coefficient (Wildman–Crippen LogP) is -0.216. The number of hydrogen-bond acceptors (Lipinski definition) is 7. The third-order valence-electron chi connectivity index (χ3n) is 8.05. The lowest BCUT2D eigenvalue weighted by Gasteiger charge is -2.41. The first kappa shape index (κ1) is 14.4. The SMILES string of the molecule is C[C@@H]1COC2CC34C5OC(=O)C3(OC3O[C@H](O)[C@H](O)C34C[C@H]5C)C21. The molecule has 0 amide bonds. The van der Waals surface area contributed by atoms with Crippen LogP contribution < -0.4 is 0 Å². The van der Waals surface area contributed by atoms with E-state index in [9.17, 15) is 15.0 Å². The van der Waals surface area contributed by atoms with E-state index in [1.807, 2.05) is 6.92 Å². The van der Waals surface area contributed by atoms with Crippen molar-refractivity contribution in [2.45, 2.75) is 63.2 Å². The summed E-state index contributed by atoms with van der Waals surface area (Å²) in [5.41, 5.74) is -2.60. The fraction of sp³-hybridized carbons (Fsp3) is 0.941. The van der Waals surface area contributed by atoms with Crippen molar-refractivity contribution >= 4 is 5.97 Å². The summed E-state index contributed by atoms with van der Waals surface area (Å²) in [6, 6.07) is 0. The summed E-state index contributed by atoms with van der Waals surface area (Å²) >= 11 is 0. The van der Waals surface area contributed by atoms with Crippen LogP contribution in [0.25, 0.3) is 0 Å². The molecule has 2 spiro atoms. The van der Waals surface area contributed by atoms with Crippen LogP contribution in [-0.4, -0.2) is 59.3 Å². The number of esters is 1. The number of aliphatic hydroxyl groups is 2. The molecule has 0 aromatic carbocycles. The first-order valence-corrected chi connectivity index (χ1v) is 8.92. The Kier molecular flexibility index (Phi) is 2.31. The summed E-state index contributed by atoms with van der Waals surface area (Å²) in [6.07, 6.45) is -2.29. The zero-order valence-corrected chi connectivity index (χ0v) is 13.7. The van der Waals surface area contributed by atoms with Gasteiger partial charge in [0.25, 0.3) is 0 Å². The fourth-order valence-corrected chi connectivity index (χ4v) is 7.58. The molecule has 0 bridgehead atoms. The van der Waals surface area contributed by atoms with E-state index >= 15 is 0 Å². The average molecular weight is 338 g/mol. The van der Waals surface area contributed by atoms with Crippen molar-refractivity contribution in [3.63, 3.8) is 0 Å². The molecule has 0 aromatic rings. The molecule has 132 valence electrons. The van der Waals surface area contributed by atoms with Crippen molar-refractivity contribution in [2.24, 2.45) is 28.6 Å². The van der Waals surface area contributed by atoms with Crippen molar-refractivity contribution in [3.8, 4) is 0 Å². The van der Waals surface area contributed by atoms with Gasteiger partial charge in [-0.15, -0.1) is 0 Å². The minimum absolute atomic E-state index is 0.0663. The Morgan fingerprint density at radius 3 is 2.75 bits per heavy atom. The predicted molar refractivity (Wildman–Crippen MR) is 76.2 cm³/mol. The van der Waals surface area contributed by atoms with E-state index in [-0.39, 0.29) is 35.9 Å². The molecule has 6 rings (SSSR count). The molecular formula is C17H22O7. The van der Waals surface area contributed by atoms with E-state index in [1.54, 1.807) is 0 Å². The molecule has 6 aliphatic rings. The van der Waals surface area contributed by atoms with Gasteiger partial charge in [-0.05, 0) is 24.7 Å². The molecule has 6 fully saturated rings. The second kappa shape index (κ2) is 3.83. The Labute approximate surface area is 139 Å². The molecule has 11 atom stereocenters. The molecule has 24 heavy (non-hydrogen) atoms. The first-order valence-electron chi connectivity index (χ1n) is 8.92. The number of carbonyl (C=O) groups is 1. The van der Waals surface area contributed by atoms with Crippen LogP contribution in [-0.2, 0) is 23.7 Å². The molecule has 7 nitrogen and oxygen atoms in total. The quantitative estimate of drug-likeness (QED) is 0.590. The van der Waals surface area contributed by atoms with Gasteiger partial charge in [0, 0.05) is 12.5 Å². The Morgan fingerprint density at radius 1 is 1.17 bits per heavy atom. The van der Waals surface area contributed by atoms with Crippen LogP contribution in [0.5, 0.6) is 0 Å². The third kappa shape index (κ3) is 1.05. The monoisotopic (exact) mass is 338 g/mol. The van der Waals surface area contributed by atoms with Gasteiger partial charge in [0.15, 0.2) is 18.2 Å². The maximum absolute atomic E-state index is 13.1. The van der Waals surface area contributed by atoms with Gasteiger partial charge in [0.05, 0.1) is 16.9 Å². The molecule has 7 unspecified atom stereocenters. The maximum Gasteiger partial charge on any atom is 0.340 e. The van der Waals surface area contributed by atoms with Crippen LogP contribution in [0, 0.1) is 28.6 Å². The Morgan fingerprint density at radius 2 is 1.96 bits per heavy atom. The molecule has 2 N–H and O–H groups in total. The topological polar surface area (TPSA) is 94.5 Å². The number of hydrogen-bond donors (Lipinski definition) is 2. The molecule has 4 aliphatic heterocycles. The molecule has 4 heterocycles. The smallest absolute Gasteiger partial charge is 0.340 e. The van der Waals surface area contributed by atoms with Gasteiger partial charge in [-0.3, -0.25) is 0 Å². The Balaban J connectivity index is 1.64. The molecule has 2 aliphatic carbocycles. The van der Waals surface area contributed by atoms with Gasteiger partial charge in [-0.2, -0.15) is 0 Å². The van der Waals surface area contributed by atoms with Gasteiger partial charge in [0.1, 0.15) is 12.2 Å². The fourth-order valence-electron chi connectivity index (χ4n) is 7.58. The minimum Gasteiger partial charge on any atom is -0.459 e. The second-order valence-electron chi connectivity index (χ2n) is 8.75. The van der Waals surface area contributed by atoms with Crippen LogP contribution in [0.3, 0.4) is 0 Å². The highest BCUT2D eigenvalue weighted by Gasteiger charge is 2.95. The van der Waals surface area contributed by atoms with Crippen molar-refractivity contribution in [2.75, 3.05) is 6.61 Å². The minimum atomic E-state index is -1.29. The first-order chi connectivity index (χ1) is 11.4. The van der Waals surface area contributed by atoms with E-state index in [4.69, 9.17) is 18.9 Å². The number of ether oxygens (including phenoxy) is 4. The van der Waals surface area contributed by atoms with Crippen LogP contribution in [0.2, 0.25) is 0 Å². The lowest BCUT2D eigenvalue weighted by Crippen LogP contribution is -2.57. The molecule has 7 heteroatoms. The maximum atomic E-state index is 13.1.